The fourth-order valence-electron chi connectivity index (χ4n) is 1.50. The molecule has 0 aliphatic heterocycles. The third kappa shape index (κ3) is 3.96. The monoisotopic (exact) mass is 296 g/mol. The molecule has 0 spiro atoms. The number of aliphatic hydroxyl groups excluding tert-OH is 1. The third-order valence-corrected chi connectivity index (χ3v) is 3.75. The number of anilines is 1. The second kappa shape index (κ2) is 6.56. The summed E-state index contributed by atoms with van der Waals surface area (Å²) >= 11 is 7.37. The average Bonchev–Trinajstić information content (AvgIpc) is 2.93. The maximum absolute atomic E-state index is 11.7. The van der Waals surface area contributed by atoms with Gasteiger partial charge >= 0.3 is 6.03 Å². The number of hydrogen-bond acceptors (Lipinski definition) is 3. The molecule has 0 bridgehead atoms. The summed E-state index contributed by atoms with van der Waals surface area (Å²) in [5.41, 5.74) is 0.535. The fraction of sp³-hybridized carbons (Fsp3) is 0.154. The van der Waals surface area contributed by atoms with Crippen LogP contribution in [0.3, 0.4) is 0 Å². The first kappa shape index (κ1) is 13.9. The summed E-state index contributed by atoms with van der Waals surface area (Å²) < 4.78 is 0. The summed E-state index contributed by atoms with van der Waals surface area (Å²) in [6, 6.07) is 10.2. The van der Waals surface area contributed by atoms with Crippen molar-refractivity contribution in [3.8, 4) is 0 Å². The first-order chi connectivity index (χ1) is 9.16. The highest BCUT2D eigenvalue weighted by Gasteiger charge is 2.10. The summed E-state index contributed by atoms with van der Waals surface area (Å²) in [5, 5.41) is 17.4. The molecule has 0 unspecified atom stereocenters. The molecule has 2 rings (SSSR count). The Morgan fingerprint density at radius 1 is 1.32 bits per heavy atom. The second-order valence-electron chi connectivity index (χ2n) is 3.85. The van der Waals surface area contributed by atoms with Crippen molar-refractivity contribution >= 4 is 34.7 Å². The van der Waals surface area contributed by atoms with E-state index in [1.54, 1.807) is 24.3 Å². The number of para-hydroxylation sites is 1. The number of nitrogens with one attached hydrogen (secondary N) is 2. The van der Waals surface area contributed by atoms with Gasteiger partial charge in [-0.05, 0) is 23.6 Å². The van der Waals surface area contributed by atoms with Crippen molar-refractivity contribution in [2.24, 2.45) is 0 Å². The molecule has 4 nitrogen and oxygen atoms in total. The number of urea groups is 1. The molecule has 0 saturated heterocycles. The minimum atomic E-state index is -0.697. The van der Waals surface area contributed by atoms with Crippen molar-refractivity contribution in [2.45, 2.75) is 6.10 Å². The molecule has 0 radical (unpaired) electrons. The van der Waals surface area contributed by atoms with Gasteiger partial charge < -0.3 is 15.7 Å². The molecule has 19 heavy (non-hydrogen) atoms. The second-order valence-corrected chi connectivity index (χ2v) is 5.23. The van der Waals surface area contributed by atoms with E-state index in [2.05, 4.69) is 10.6 Å². The lowest BCUT2D eigenvalue weighted by Crippen LogP contribution is -2.32. The lowest BCUT2D eigenvalue weighted by molar-refractivity contribution is 0.178. The van der Waals surface area contributed by atoms with E-state index < -0.39 is 12.1 Å². The first-order valence-corrected chi connectivity index (χ1v) is 6.93. The Balaban J connectivity index is 1.84. The number of carbonyl (C=O) groups is 1. The van der Waals surface area contributed by atoms with Crippen LogP contribution >= 0.6 is 22.9 Å². The molecule has 100 valence electrons. The van der Waals surface area contributed by atoms with E-state index in [1.165, 1.54) is 11.3 Å². The van der Waals surface area contributed by atoms with Crippen molar-refractivity contribution in [3.05, 3.63) is 51.7 Å². The van der Waals surface area contributed by atoms with E-state index in [0.29, 0.717) is 10.7 Å². The van der Waals surface area contributed by atoms with Gasteiger partial charge in [-0.1, -0.05) is 29.8 Å². The van der Waals surface area contributed by atoms with Crippen LogP contribution in [-0.4, -0.2) is 17.7 Å². The highest BCUT2D eigenvalue weighted by atomic mass is 35.5. The number of hydrogen-bond donors (Lipinski definition) is 3. The van der Waals surface area contributed by atoms with Crippen molar-refractivity contribution in [2.75, 3.05) is 11.9 Å². The largest absolute Gasteiger partial charge is 0.386 e. The van der Waals surface area contributed by atoms with Crippen molar-refractivity contribution < 1.29 is 9.90 Å². The van der Waals surface area contributed by atoms with Gasteiger partial charge in [-0.2, -0.15) is 0 Å². The van der Waals surface area contributed by atoms with Gasteiger partial charge in [0.2, 0.25) is 0 Å². The van der Waals surface area contributed by atoms with E-state index in [4.69, 9.17) is 11.6 Å². The summed E-state index contributed by atoms with van der Waals surface area (Å²) in [5.74, 6) is 0. The van der Waals surface area contributed by atoms with Crippen molar-refractivity contribution in [1.82, 2.24) is 5.32 Å². The van der Waals surface area contributed by atoms with Gasteiger partial charge in [0, 0.05) is 4.88 Å². The van der Waals surface area contributed by atoms with Gasteiger partial charge in [-0.3, -0.25) is 0 Å². The topological polar surface area (TPSA) is 61.4 Å². The SMILES string of the molecule is O=C(NC[C@H](O)c1cccs1)Nc1ccccc1Cl. The minimum Gasteiger partial charge on any atom is -0.386 e. The zero-order valence-corrected chi connectivity index (χ0v) is 11.5. The Morgan fingerprint density at radius 2 is 2.11 bits per heavy atom. The number of carbonyl (C=O) groups excluding carboxylic acids is 1. The molecule has 1 atom stereocenters. The number of thiophene rings is 1. The molecule has 0 aliphatic rings. The summed E-state index contributed by atoms with van der Waals surface area (Å²) in [6.07, 6.45) is -0.697. The number of amides is 2. The van der Waals surface area contributed by atoms with Gasteiger partial charge in [0.05, 0.1) is 17.3 Å². The van der Waals surface area contributed by atoms with Gasteiger partial charge in [-0.25, -0.2) is 4.79 Å². The summed E-state index contributed by atoms with van der Waals surface area (Å²) in [7, 11) is 0. The van der Waals surface area contributed by atoms with Crippen molar-refractivity contribution in [3.63, 3.8) is 0 Å². The molecule has 0 saturated carbocycles. The molecule has 6 heteroatoms. The number of aliphatic hydroxyl groups is 1. The summed E-state index contributed by atoms with van der Waals surface area (Å²) in [6.45, 7) is 0.150. The first-order valence-electron chi connectivity index (χ1n) is 5.67. The Morgan fingerprint density at radius 3 is 2.79 bits per heavy atom. The van der Waals surface area contributed by atoms with Crippen LogP contribution < -0.4 is 10.6 Å². The van der Waals surface area contributed by atoms with Crippen LogP contribution in [0.4, 0.5) is 10.5 Å². The van der Waals surface area contributed by atoms with Crippen LogP contribution in [0.15, 0.2) is 41.8 Å². The van der Waals surface area contributed by atoms with E-state index >= 15 is 0 Å². The number of halogens is 1. The Bertz CT molecular complexity index is 545. The standard InChI is InChI=1S/C13H13ClN2O2S/c14-9-4-1-2-5-10(9)16-13(18)15-8-11(17)12-6-3-7-19-12/h1-7,11,17H,8H2,(H2,15,16,18)/t11-/m0/s1. The highest BCUT2D eigenvalue weighted by Crippen LogP contribution is 2.20. The van der Waals surface area contributed by atoms with Crippen LogP contribution in [-0.2, 0) is 0 Å². The van der Waals surface area contributed by atoms with Crippen LogP contribution in [0, 0.1) is 0 Å². The molecular formula is C13H13ClN2O2S. The third-order valence-electron chi connectivity index (χ3n) is 2.45. The molecule has 1 aromatic carbocycles. The van der Waals surface area contributed by atoms with Gasteiger partial charge in [-0.15, -0.1) is 11.3 Å². The summed E-state index contributed by atoms with van der Waals surface area (Å²) in [4.78, 5) is 12.5. The molecule has 0 aliphatic carbocycles. The van der Waals surface area contributed by atoms with Crippen LogP contribution in [0.5, 0.6) is 0 Å². The van der Waals surface area contributed by atoms with E-state index in [9.17, 15) is 9.90 Å². The predicted octanol–water partition coefficient (Wildman–Crippen LogP) is 3.26. The van der Waals surface area contributed by atoms with E-state index in [1.807, 2.05) is 17.5 Å². The molecule has 2 amide bonds. The lowest BCUT2D eigenvalue weighted by atomic mass is 10.3. The molecule has 3 N–H and O–H groups in total. The Labute approximate surface area is 120 Å². The maximum atomic E-state index is 11.7. The zero-order chi connectivity index (χ0) is 13.7. The average molecular weight is 297 g/mol. The number of rotatable bonds is 4. The maximum Gasteiger partial charge on any atom is 0.319 e. The molecule has 2 aromatic rings. The van der Waals surface area contributed by atoms with Crippen molar-refractivity contribution in [1.29, 1.82) is 0 Å². The van der Waals surface area contributed by atoms with Gasteiger partial charge in [0.15, 0.2) is 0 Å². The highest BCUT2D eigenvalue weighted by molar-refractivity contribution is 7.10. The zero-order valence-electron chi connectivity index (χ0n) is 9.97. The molecular weight excluding hydrogens is 284 g/mol. The molecule has 1 heterocycles. The Kier molecular flexibility index (Phi) is 4.79. The van der Waals surface area contributed by atoms with Crippen LogP contribution in [0.25, 0.3) is 0 Å². The van der Waals surface area contributed by atoms with Crippen LogP contribution in [0.2, 0.25) is 5.02 Å². The smallest absolute Gasteiger partial charge is 0.319 e. The fourth-order valence-corrected chi connectivity index (χ4v) is 2.39. The normalized spacial score (nSPS) is 11.9. The van der Waals surface area contributed by atoms with Crippen LogP contribution in [0.1, 0.15) is 11.0 Å². The Hall–Kier alpha value is -1.56. The molecule has 1 aromatic heterocycles. The lowest BCUT2D eigenvalue weighted by Gasteiger charge is -2.11. The molecule has 0 fully saturated rings. The minimum absolute atomic E-state index is 0.150. The van der Waals surface area contributed by atoms with Gasteiger partial charge in [0.25, 0.3) is 0 Å². The predicted molar refractivity (Wildman–Crippen MR) is 77.8 cm³/mol. The number of benzene rings is 1. The quantitative estimate of drug-likeness (QED) is 0.811. The van der Waals surface area contributed by atoms with E-state index in [0.717, 1.165) is 4.88 Å². The van der Waals surface area contributed by atoms with E-state index in [-0.39, 0.29) is 6.54 Å². The van der Waals surface area contributed by atoms with Gasteiger partial charge in [0.1, 0.15) is 6.10 Å².